The molecular weight excluding hydrogens is 368 g/mol. The van der Waals surface area contributed by atoms with Crippen LogP contribution in [0, 0.1) is 13.8 Å². The fourth-order valence-corrected chi connectivity index (χ4v) is 4.23. The first-order chi connectivity index (χ1) is 13.7. The average Bonchev–Trinajstić information content (AvgIpc) is 3.12. The SMILES string of the molecule is Cc1cccc(C2CCCN2C(=O)CC2COCCN2C(=O)OC(C)(C)C)c1C. The maximum absolute atomic E-state index is 13.2. The van der Waals surface area contributed by atoms with Gasteiger partial charge in [-0.25, -0.2) is 4.79 Å². The topological polar surface area (TPSA) is 59.1 Å². The molecule has 6 nitrogen and oxygen atoms in total. The first kappa shape index (κ1) is 21.6. The van der Waals surface area contributed by atoms with E-state index in [1.54, 1.807) is 4.90 Å². The first-order valence-electron chi connectivity index (χ1n) is 10.6. The maximum Gasteiger partial charge on any atom is 0.410 e. The molecule has 0 spiro atoms. The van der Waals surface area contributed by atoms with Crippen LogP contribution < -0.4 is 0 Å². The first-order valence-corrected chi connectivity index (χ1v) is 10.6. The standard InChI is InChI=1S/C23H34N2O4/c1-16-8-6-9-19(17(16)2)20-10-7-11-25(20)21(26)14-18-15-28-13-12-24(18)22(27)29-23(3,4)5/h6,8-9,18,20H,7,10-15H2,1-5H3. The molecule has 6 heteroatoms. The number of amides is 2. The van der Waals surface area contributed by atoms with Crippen LogP contribution in [0.15, 0.2) is 18.2 Å². The minimum atomic E-state index is -0.563. The van der Waals surface area contributed by atoms with Gasteiger partial charge in [0.05, 0.1) is 25.3 Å². The van der Waals surface area contributed by atoms with Crippen molar-refractivity contribution in [3.8, 4) is 0 Å². The second-order valence-electron chi connectivity index (χ2n) is 9.14. The lowest BCUT2D eigenvalue weighted by Crippen LogP contribution is -2.52. The maximum atomic E-state index is 13.2. The second kappa shape index (κ2) is 8.74. The Bertz CT molecular complexity index is 756. The largest absolute Gasteiger partial charge is 0.444 e. The summed E-state index contributed by atoms with van der Waals surface area (Å²) in [6.07, 6.45) is 1.88. The van der Waals surface area contributed by atoms with Gasteiger partial charge in [-0.2, -0.15) is 0 Å². The van der Waals surface area contributed by atoms with Gasteiger partial charge in [0.25, 0.3) is 0 Å². The van der Waals surface area contributed by atoms with Gasteiger partial charge < -0.3 is 19.3 Å². The number of benzene rings is 1. The van der Waals surface area contributed by atoms with Crippen molar-refractivity contribution in [1.29, 1.82) is 0 Å². The highest BCUT2D eigenvalue weighted by atomic mass is 16.6. The van der Waals surface area contributed by atoms with Crippen molar-refractivity contribution in [1.82, 2.24) is 9.80 Å². The summed E-state index contributed by atoms with van der Waals surface area (Å²) < 4.78 is 11.1. The molecule has 160 valence electrons. The van der Waals surface area contributed by atoms with Gasteiger partial charge in [0.15, 0.2) is 0 Å². The van der Waals surface area contributed by atoms with Crippen molar-refractivity contribution in [3.63, 3.8) is 0 Å². The molecule has 0 aromatic heterocycles. The fourth-order valence-electron chi connectivity index (χ4n) is 4.23. The molecular formula is C23H34N2O4. The van der Waals surface area contributed by atoms with Crippen LogP contribution in [0.1, 0.15) is 62.8 Å². The van der Waals surface area contributed by atoms with E-state index in [2.05, 4.69) is 32.0 Å². The van der Waals surface area contributed by atoms with Crippen molar-refractivity contribution >= 4 is 12.0 Å². The van der Waals surface area contributed by atoms with Crippen LogP contribution in [0.5, 0.6) is 0 Å². The van der Waals surface area contributed by atoms with E-state index in [9.17, 15) is 9.59 Å². The van der Waals surface area contributed by atoms with Crippen LogP contribution in [0.4, 0.5) is 4.79 Å². The van der Waals surface area contributed by atoms with Gasteiger partial charge in [-0.15, -0.1) is 0 Å². The van der Waals surface area contributed by atoms with Crippen LogP contribution in [0.3, 0.4) is 0 Å². The van der Waals surface area contributed by atoms with Gasteiger partial charge in [0.2, 0.25) is 5.91 Å². The van der Waals surface area contributed by atoms with Crippen LogP contribution in [0.25, 0.3) is 0 Å². The Morgan fingerprint density at radius 3 is 2.66 bits per heavy atom. The molecule has 2 unspecified atom stereocenters. The van der Waals surface area contributed by atoms with Gasteiger partial charge >= 0.3 is 6.09 Å². The normalized spacial score (nSPS) is 22.7. The smallest absolute Gasteiger partial charge is 0.410 e. The monoisotopic (exact) mass is 402 g/mol. The number of rotatable bonds is 3. The summed E-state index contributed by atoms with van der Waals surface area (Å²) in [7, 11) is 0. The molecule has 0 bridgehead atoms. The van der Waals surface area contributed by atoms with Crippen molar-refractivity contribution in [2.75, 3.05) is 26.3 Å². The third-order valence-electron chi connectivity index (χ3n) is 5.84. The van der Waals surface area contributed by atoms with Crippen LogP contribution in [-0.2, 0) is 14.3 Å². The van der Waals surface area contributed by atoms with E-state index >= 15 is 0 Å². The summed E-state index contributed by atoms with van der Waals surface area (Å²) >= 11 is 0. The molecule has 3 rings (SSSR count). The summed E-state index contributed by atoms with van der Waals surface area (Å²) in [6.45, 7) is 11.8. The number of hydrogen-bond acceptors (Lipinski definition) is 4. The number of likely N-dealkylation sites (tertiary alicyclic amines) is 1. The molecule has 1 aromatic carbocycles. The van der Waals surface area contributed by atoms with Crippen LogP contribution >= 0.6 is 0 Å². The molecule has 2 heterocycles. The summed E-state index contributed by atoms with van der Waals surface area (Å²) in [5.41, 5.74) is 3.18. The molecule has 2 aliphatic rings. The number of hydrogen-bond donors (Lipinski definition) is 0. The predicted molar refractivity (Wildman–Crippen MR) is 112 cm³/mol. The lowest BCUT2D eigenvalue weighted by atomic mass is 9.95. The summed E-state index contributed by atoms with van der Waals surface area (Å²) in [4.78, 5) is 29.5. The van der Waals surface area contributed by atoms with E-state index in [1.807, 2.05) is 25.7 Å². The van der Waals surface area contributed by atoms with E-state index in [-0.39, 0.29) is 30.5 Å². The number of carbonyl (C=O) groups excluding carboxylic acids is 2. The Balaban J connectivity index is 1.72. The Morgan fingerprint density at radius 1 is 1.17 bits per heavy atom. The minimum absolute atomic E-state index is 0.0810. The van der Waals surface area contributed by atoms with Crippen LogP contribution in [0.2, 0.25) is 0 Å². The van der Waals surface area contributed by atoms with Gasteiger partial charge in [-0.1, -0.05) is 18.2 Å². The van der Waals surface area contributed by atoms with E-state index in [1.165, 1.54) is 16.7 Å². The van der Waals surface area contributed by atoms with Gasteiger partial charge in [-0.3, -0.25) is 4.79 Å². The quantitative estimate of drug-likeness (QED) is 0.767. The zero-order valence-electron chi connectivity index (χ0n) is 18.4. The zero-order chi connectivity index (χ0) is 21.2. The summed E-state index contributed by atoms with van der Waals surface area (Å²) in [5.74, 6) is 0.0810. The molecule has 0 N–H and O–H groups in total. The van der Waals surface area contributed by atoms with Gasteiger partial charge in [0, 0.05) is 19.5 Å². The number of ether oxygens (including phenoxy) is 2. The van der Waals surface area contributed by atoms with E-state index < -0.39 is 5.60 Å². The number of nitrogens with zero attached hydrogens (tertiary/aromatic N) is 2. The Kier molecular flexibility index (Phi) is 6.52. The molecule has 2 fully saturated rings. The van der Waals surface area contributed by atoms with Crippen LogP contribution in [-0.4, -0.2) is 59.7 Å². The Morgan fingerprint density at radius 2 is 1.93 bits per heavy atom. The molecule has 1 aromatic rings. The van der Waals surface area contributed by atoms with Gasteiger partial charge in [-0.05, 0) is 64.2 Å². The highest BCUT2D eigenvalue weighted by Gasteiger charge is 2.36. The van der Waals surface area contributed by atoms with Crippen molar-refractivity contribution < 1.29 is 19.1 Å². The third kappa shape index (κ3) is 5.10. The lowest BCUT2D eigenvalue weighted by molar-refractivity contribution is -0.135. The van der Waals surface area contributed by atoms with E-state index in [0.29, 0.717) is 19.8 Å². The molecule has 0 radical (unpaired) electrons. The lowest BCUT2D eigenvalue weighted by Gasteiger charge is -2.37. The number of carbonyl (C=O) groups is 2. The minimum Gasteiger partial charge on any atom is -0.444 e. The van der Waals surface area contributed by atoms with Crippen molar-refractivity contribution in [2.24, 2.45) is 0 Å². The Labute approximate surface area is 174 Å². The summed E-state index contributed by atoms with van der Waals surface area (Å²) in [6, 6.07) is 6.14. The highest BCUT2D eigenvalue weighted by molar-refractivity contribution is 5.79. The molecule has 0 saturated carbocycles. The summed E-state index contributed by atoms with van der Waals surface area (Å²) in [5, 5.41) is 0. The molecule has 2 atom stereocenters. The molecule has 0 aliphatic carbocycles. The van der Waals surface area contributed by atoms with E-state index in [4.69, 9.17) is 9.47 Å². The zero-order valence-corrected chi connectivity index (χ0v) is 18.4. The molecule has 2 aliphatic heterocycles. The third-order valence-corrected chi connectivity index (χ3v) is 5.84. The molecule has 29 heavy (non-hydrogen) atoms. The highest BCUT2D eigenvalue weighted by Crippen LogP contribution is 2.35. The molecule has 2 amide bonds. The van der Waals surface area contributed by atoms with E-state index in [0.717, 1.165) is 19.4 Å². The second-order valence-corrected chi connectivity index (χ2v) is 9.14. The van der Waals surface area contributed by atoms with Crippen molar-refractivity contribution in [3.05, 3.63) is 34.9 Å². The van der Waals surface area contributed by atoms with Gasteiger partial charge in [0.1, 0.15) is 5.60 Å². The average molecular weight is 403 g/mol. The molecule has 2 saturated heterocycles. The van der Waals surface area contributed by atoms with Crippen molar-refractivity contribution in [2.45, 2.75) is 71.6 Å². The Hall–Kier alpha value is -2.08. The number of morpholine rings is 1. The number of aryl methyl sites for hydroxylation is 1. The predicted octanol–water partition coefficient (Wildman–Crippen LogP) is 3.99. The fraction of sp³-hybridized carbons (Fsp3) is 0.652.